The third-order valence-electron chi connectivity index (χ3n) is 5.74. The highest BCUT2D eigenvalue weighted by molar-refractivity contribution is 7.89. The number of halogens is 3. The van der Waals surface area contributed by atoms with Crippen molar-refractivity contribution in [1.29, 1.82) is 0 Å². The highest BCUT2D eigenvalue weighted by Crippen LogP contribution is 2.28. The van der Waals surface area contributed by atoms with Crippen LogP contribution in [0.5, 0.6) is 0 Å². The lowest BCUT2D eigenvalue weighted by Crippen LogP contribution is -2.44. The van der Waals surface area contributed by atoms with E-state index in [1.54, 1.807) is 0 Å². The maximum Gasteiger partial charge on any atom is 0.243 e. The van der Waals surface area contributed by atoms with Crippen molar-refractivity contribution in [2.45, 2.75) is 30.7 Å². The van der Waals surface area contributed by atoms with Crippen molar-refractivity contribution in [3.05, 3.63) is 64.4 Å². The second-order valence-electron chi connectivity index (χ2n) is 7.70. The van der Waals surface area contributed by atoms with Gasteiger partial charge in [0, 0.05) is 32.7 Å². The van der Waals surface area contributed by atoms with Crippen molar-refractivity contribution < 1.29 is 12.8 Å². The summed E-state index contributed by atoms with van der Waals surface area (Å²) in [6, 6.07) is 12.1. The Hall–Kier alpha value is -1.18. The second kappa shape index (κ2) is 9.31. The lowest BCUT2D eigenvalue weighted by atomic mass is 9.95. The van der Waals surface area contributed by atoms with E-state index in [1.807, 2.05) is 0 Å². The van der Waals surface area contributed by atoms with Crippen LogP contribution in [0, 0.1) is 11.7 Å². The van der Waals surface area contributed by atoms with E-state index in [0.717, 1.165) is 45.0 Å². The zero-order chi connectivity index (χ0) is 19.7. The maximum absolute atomic E-state index is 13.4. The summed E-state index contributed by atoms with van der Waals surface area (Å²) in [5.41, 5.74) is 2.79. The van der Waals surface area contributed by atoms with E-state index in [9.17, 15) is 12.8 Å². The van der Waals surface area contributed by atoms with Crippen molar-refractivity contribution in [3.63, 3.8) is 0 Å². The number of hydrogen-bond acceptors (Lipinski definition) is 3. The second-order valence-corrected chi connectivity index (χ2v) is 10.0. The molecule has 0 spiro atoms. The summed E-state index contributed by atoms with van der Waals surface area (Å²) in [6.45, 7) is 3.82. The molecule has 0 aliphatic carbocycles. The first-order valence-electron chi connectivity index (χ1n) is 9.68. The van der Waals surface area contributed by atoms with Crippen molar-refractivity contribution in [1.82, 2.24) is 9.21 Å². The van der Waals surface area contributed by atoms with Gasteiger partial charge in [0.1, 0.15) is 5.82 Å². The molecule has 2 aliphatic rings. The molecule has 158 valence electrons. The van der Waals surface area contributed by atoms with Gasteiger partial charge in [-0.05, 0) is 54.5 Å². The van der Waals surface area contributed by atoms with Gasteiger partial charge in [-0.15, -0.1) is 12.4 Å². The first-order valence-corrected chi connectivity index (χ1v) is 11.5. The molecule has 2 aliphatic heterocycles. The molecular formula is C21H25Cl2FN2O2S. The summed E-state index contributed by atoms with van der Waals surface area (Å²) in [5, 5.41) is -0.165. The zero-order valence-electron chi connectivity index (χ0n) is 16.1. The Morgan fingerprint density at radius 3 is 2.62 bits per heavy atom. The normalized spacial score (nSPS) is 20.7. The Labute approximate surface area is 183 Å². The molecule has 1 fully saturated rings. The number of nitrogens with zero attached hydrogens (tertiary/aromatic N) is 2. The van der Waals surface area contributed by atoms with Gasteiger partial charge in [-0.2, -0.15) is 4.31 Å². The van der Waals surface area contributed by atoms with Crippen LogP contribution in [0.4, 0.5) is 4.39 Å². The molecule has 4 rings (SSSR count). The van der Waals surface area contributed by atoms with E-state index in [4.69, 9.17) is 11.6 Å². The molecule has 2 aromatic carbocycles. The van der Waals surface area contributed by atoms with Crippen molar-refractivity contribution >= 4 is 34.0 Å². The van der Waals surface area contributed by atoms with Gasteiger partial charge in [0.05, 0.1) is 9.92 Å². The summed E-state index contributed by atoms with van der Waals surface area (Å²) in [5.74, 6) is -0.313. The molecule has 0 saturated carbocycles. The van der Waals surface area contributed by atoms with Gasteiger partial charge in [0.25, 0.3) is 0 Å². The minimum atomic E-state index is -3.66. The molecule has 0 amide bonds. The summed E-state index contributed by atoms with van der Waals surface area (Å²) in [4.78, 5) is 2.49. The van der Waals surface area contributed by atoms with Crippen LogP contribution < -0.4 is 0 Å². The first-order chi connectivity index (χ1) is 13.4. The van der Waals surface area contributed by atoms with Crippen molar-refractivity contribution in [2.75, 3.05) is 26.2 Å². The molecule has 4 nitrogen and oxygen atoms in total. The number of rotatable bonds is 4. The highest BCUT2D eigenvalue weighted by atomic mass is 35.5. The first kappa shape index (κ1) is 22.5. The minimum Gasteiger partial charge on any atom is -0.298 e. The molecular weight excluding hydrogens is 434 g/mol. The molecule has 2 aromatic rings. The molecule has 0 bridgehead atoms. The number of fused-ring (bicyclic) bond motifs is 1. The van der Waals surface area contributed by atoms with E-state index in [2.05, 4.69) is 29.2 Å². The van der Waals surface area contributed by atoms with Gasteiger partial charge in [0.15, 0.2) is 0 Å². The van der Waals surface area contributed by atoms with Crippen LogP contribution in [0.2, 0.25) is 5.02 Å². The van der Waals surface area contributed by atoms with Crippen LogP contribution in [-0.2, 0) is 23.0 Å². The third kappa shape index (κ3) is 4.94. The summed E-state index contributed by atoms with van der Waals surface area (Å²) >= 11 is 5.79. The fourth-order valence-corrected chi connectivity index (χ4v) is 6.08. The summed E-state index contributed by atoms with van der Waals surface area (Å²) < 4.78 is 40.9. The predicted molar refractivity (Wildman–Crippen MR) is 116 cm³/mol. The van der Waals surface area contributed by atoms with Crippen LogP contribution in [0.15, 0.2) is 47.4 Å². The Kier molecular flexibility index (Phi) is 7.23. The number of benzene rings is 2. The molecule has 2 heterocycles. The summed E-state index contributed by atoms with van der Waals surface area (Å²) in [7, 11) is -3.66. The predicted octanol–water partition coefficient (Wildman–Crippen LogP) is 4.36. The molecule has 1 saturated heterocycles. The standard InChI is InChI=1S/C21H24ClFN2O2S.ClH/c22-20-12-19(7-8-21(20)23)28(26,27)25-10-3-4-16(14-25)13-24-11-9-17-5-1-2-6-18(17)15-24;/h1-2,5-8,12,16H,3-4,9-11,13-15H2;1H. The Bertz CT molecular complexity index is 971. The smallest absolute Gasteiger partial charge is 0.243 e. The van der Waals surface area contributed by atoms with E-state index < -0.39 is 15.8 Å². The molecule has 1 unspecified atom stereocenters. The summed E-state index contributed by atoms with van der Waals surface area (Å²) in [6.07, 6.45) is 2.90. The van der Waals surface area contributed by atoms with Crippen LogP contribution in [0.1, 0.15) is 24.0 Å². The van der Waals surface area contributed by atoms with Gasteiger partial charge in [-0.3, -0.25) is 4.90 Å². The fraction of sp³-hybridized carbons (Fsp3) is 0.429. The van der Waals surface area contributed by atoms with Crippen LogP contribution in [0.25, 0.3) is 0 Å². The van der Waals surface area contributed by atoms with E-state index in [1.165, 1.54) is 27.6 Å². The number of hydrogen-bond donors (Lipinski definition) is 0. The van der Waals surface area contributed by atoms with Gasteiger partial charge in [-0.25, -0.2) is 12.8 Å². The topological polar surface area (TPSA) is 40.6 Å². The molecule has 0 radical (unpaired) electrons. The lowest BCUT2D eigenvalue weighted by molar-refractivity contribution is 0.167. The minimum absolute atomic E-state index is 0. The third-order valence-corrected chi connectivity index (χ3v) is 7.89. The van der Waals surface area contributed by atoms with Gasteiger partial charge >= 0.3 is 0 Å². The Morgan fingerprint density at radius 2 is 1.86 bits per heavy atom. The molecule has 0 N–H and O–H groups in total. The van der Waals surface area contributed by atoms with Crippen LogP contribution in [-0.4, -0.2) is 43.8 Å². The van der Waals surface area contributed by atoms with Crippen molar-refractivity contribution in [3.8, 4) is 0 Å². The highest BCUT2D eigenvalue weighted by Gasteiger charge is 2.32. The monoisotopic (exact) mass is 458 g/mol. The number of sulfonamides is 1. The van der Waals surface area contributed by atoms with E-state index in [-0.39, 0.29) is 22.3 Å². The molecule has 1 atom stereocenters. The van der Waals surface area contributed by atoms with Gasteiger partial charge in [-0.1, -0.05) is 35.9 Å². The van der Waals surface area contributed by atoms with Crippen molar-refractivity contribution in [2.24, 2.45) is 5.92 Å². The SMILES string of the molecule is Cl.O=S(=O)(c1ccc(F)c(Cl)c1)N1CCCC(CN2CCc3ccccc3C2)C1. The van der Waals surface area contributed by atoms with Gasteiger partial charge < -0.3 is 0 Å². The van der Waals surface area contributed by atoms with Crippen LogP contribution >= 0.6 is 24.0 Å². The largest absolute Gasteiger partial charge is 0.298 e. The molecule has 29 heavy (non-hydrogen) atoms. The fourth-order valence-electron chi connectivity index (χ4n) is 4.26. The Morgan fingerprint density at radius 1 is 1.10 bits per heavy atom. The average molecular weight is 459 g/mol. The van der Waals surface area contributed by atoms with Gasteiger partial charge in [0.2, 0.25) is 10.0 Å². The number of piperidine rings is 1. The molecule has 8 heteroatoms. The van der Waals surface area contributed by atoms with E-state index >= 15 is 0 Å². The quantitative estimate of drug-likeness (QED) is 0.683. The molecule has 0 aromatic heterocycles. The zero-order valence-corrected chi connectivity index (χ0v) is 18.4. The maximum atomic E-state index is 13.4. The average Bonchev–Trinajstić information content (AvgIpc) is 2.70. The van der Waals surface area contributed by atoms with E-state index in [0.29, 0.717) is 19.0 Å². The lowest BCUT2D eigenvalue weighted by Gasteiger charge is -2.36. The Balaban J connectivity index is 0.00000240. The van der Waals surface area contributed by atoms with Crippen LogP contribution in [0.3, 0.4) is 0 Å².